The van der Waals surface area contributed by atoms with Crippen molar-refractivity contribution in [3.8, 4) is 0 Å². The minimum Gasteiger partial charge on any atom is -0.378 e. The Labute approximate surface area is 124 Å². The number of ether oxygens (including phenoxy) is 1. The van der Waals surface area contributed by atoms with Crippen LogP contribution in [0.25, 0.3) is 0 Å². The van der Waals surface area contributed by atoms with Crippen LogP contribution in [-0.2, 0) is 20.9 Å². The number of carbonyl (C=O) groups excluding carboxylic acids is 2. The van der Waals surface area contributed by atoms with E-state index in [4.69, 9.17) is 4.74 Å². The summed E-state index contributed by atoms with van der Waals surface area (Å²) < 4.78 is 5.22. The highest BCUT2D eigenvalue weighted by Gasteiger charge is 2.20. The van der Waals surface area contributed by atoms with E-state index in [1.807, 2.05) is 30.3 Å². The highest BCUT2D eigenvalue weighted by atomic mass is 16.5. The van der Waals surface area contributed by atoms with Crippen LogP contribution in [0.15, 0.2) is 30.3 Å². The number of morpholine rings is 1. The summed E-state index contributed by atoms with van der Waals surface area (Å²) in [5, 5.41) is 8.63. The second-order valence-electron chi connectivity index (χ2n) is 4.88. The fourth-order valence-corrected chi connectivity index (χ4v) is 2.04. The molecule has 1 saturated heterocycles. The third kappa shape index (κ3) is 5.53. The van der Waals surface area contributed by atoms with E-state index >= 15 is 0 Å². The van der Waals surface area contributed by atoms with Gasteiger partial charge < -0.3 is 20.7 Å². The van der Waals surface area contributed by atoms with E-state index < -0.39 is 0 Å². The first-order valence-corrected chi connectivity index (χ1v) is 7.15. The number of hydrogen-bond acceptors (Lipinski definition) is 4. The lowest BCUT2D eigenvalue weighted by atomic mass is 10.2. The van der Waals surface area contributed by atoms with Gasteiger partial charge in [0.25, 0.3) is 0 Å². The van der Waals surface area contributed by atoms with Gasteiger partial charge in [-0.3, -0.25) is 9.59 Å². The summed E-state index contributed by atoms with van der Waals surface area (Å²) in [6.45, 7) is 2.52. The Hall–Kier alpha value is -1.92. The van der Waals surface area contributed by atoms with Crippen molar-refractivity contribution in [2.24, 2.45) is 0 Å². The van der Waals surface area contributed by atoms with E-state index in [1.54, 1.807) is 0 Å². The number of amides is 2. The van der Waals surface area contributed by atoms with Crippen LogP contribution in [0.1, 0.15) is 12.0 Å². The van der Waals surface area contributed by atoms with Crippen LogP contribution >= 0.6 is 0 Å². The average molecular weight is 291 g/mol. The Morgan fingerprint density at radius 2 is 2.05 bits per heavy atom. The molecule has 1 aliphatic rings. The molecule has 3 N–H and O–H groups in total. The van der Waals surface area contributed by atoms with Crippen molar-refractivity contribution in [3.05, 3.63) is 35.9 Å². The summed E-state index contributed by atoms with van der Waals surface area (Å²) >= 11 is 0. The summed E-state index contributed by atoms with van der Waals surface area (Å²) in [4.78, 5) is 23.4. The Balaban J connectivity index is 1.59. The molecule has 0 saturated carbocycles. The Morgan fingerprint density at radius 3 is 2.76 bits per heavy atom. The molecule has 0 aliphatic carbocycles. The number of hydrogen-bond donors (Lipinski definition) is 3. The molecule has 0 spiro atoms. The molecule has 21 heavy (non-hydrogen) atoms. The van der Waals surface area contributed by atoms with Crippen LogP contribution in [0.5, 0.6) is 0 Å². The van der Waals surface area contributed by atoms with Crippen LogP contribution in [0.2, 0.25) is 0 Å². The van der Waals surface area contributed by atoms with Crippen molar-refractivity contribution in [2.75, 3.05) is 26.3 Å². The van der Waals surface area contributed by atoms with Crippen LogP contribution in [0.3, 0.4) is 0 Å². The maximum atomic E-state index is 11.8. The lowest BCUT2D eigenvalue weighted by Gasteiger charge is -2.22. The van der Waals surface area contributed by atoms with Crippen molar-refractivity contribution in [3.63, 3.8) is 0 Å². The number of nitrogens with one attached hydrogen (secondary N) is 3. The van der Waals surface area contributed by atoms with Gasteiger partial charge in [0.1, 0.15) is 6.04 Å². The molecule has 2 amide bonds. The minimum absolute atomic E-state index is 0.0768. The second kappa shape index (κ2) is 8.39. The van der Waals surface area contributed by atoms with Crippen molar-refractivity contribution in [1.82, 2.24) is 16.0 Å². The monoisotopic (exact) mass is 291 g/mol. The summed E-state index contributed by atoms with van der Waals surface area (Å²) in [6.07, 6.45) is 0.270. The Kier molecular flexibility index (Phi) is 6.18. The minimum atomic E-state index is -0.314. The quantitative estimate of drug-likeness (QED) is 0.678. The fourth-order valence-electron chi connectivity index (χ4n) is 2.04. The molecule has 1 unspecified atom stereocenters. The van der Waals surface area contributed by atoms with Gasteiger partial charge in [-0.05, 0) is 5.56 Å². The van der Waals surface area contributed by atoms with Crippen LogP contribution in [0.4, 0.5) is 0 Å². The fraction of sp³-hybridized carbons (Fsp3) is 0.467. The molecule has 0 radical (unpaired) electrons. The number of carbonyl (C=O) groups is 2. The largest absolute Gasteiger partial charge is 0.378 e. The van der Waals surface area contributed by atoms with Crippen molar-refractivity contribution >= 4 is 11.8 Å². The summed E-state index contributed by atoms with van der Waals surface area (Å²) in [7, 11) is 0. The zero-order valence-electron chi connectivity index (χ0n) is 11.9. The third-order valence-corrected chi connectivity index (χ3v) is 3.22. The van der Waals surface area contributed by atoms with Gasteiger partial charge in [0.2, 0.25) is 11.8 Å². The van der Waals surface area contributed by atoms with E-state index in [-0.39, 0.29) is 24.3 Å². The predicted octanol–water partition coefficient (Wildman–Crippen LogP) is -0.202. The molecule has 1 aliphatic heterocycles. The standard InChI is InChI=1S/C15H21N3O3/c19-14(18-10-12-4-2-1-3-5-12)6-7-17-15(20)13-11-21-9-8-16-13/h1-5,13,16H,6-11H2,(H,17,20)(H,18,19). The van der Waals surface area contributed by atoms with Crippen LogP contribution < -0.4 is 16.0 Å². The second-order valence-corrected chi connectivity index (χ2v) is 4.88. The van der Waals surface area contributed by atoms with Gasteiger partial charge in [-0.1, -0.05) is 30.3 Å². The first-order valence-electron chi connectivity index (χ1n) is 7.15. The average Bonchev–Trinajstić information content (AvgIpc) is 2.54. The molecule has 1 aromatic rings. The SMILES string of the molecule is O=C(CCNC(=O)C1COCCN1)NCc1ccccc1. The molecule has 1 fully saturated rings. The third-order valence-electron chi connectivity index (χ3n) is 3.22. The molecule has 1 atom stereocenters. The van der Waals surface area contributed by atoms with E-state index in [0.29, 0.717) is 32.8 Å². The Morgan fingerprint density at radius 1 is 1.24 bits per heavy atom. The van der Waals surface area contributed by atoms with Gasteiger partial charge in [0, 0.05) is 26.1 Å². The van der Waals surface area contributed by atoms with Crippen molar-refractivity contribution in [2.45, 2.75) is 19.0 Å². The van der Waals surface area contributed by atoms with Gasteiger partial charge in [0.15, 0.2) is 0 Å². The van der Waals surface area contributed by atoms with Gasteiger partial charge in [0.05, 0.1) is 13.2 Å². The molecule has 6 nitrogen and oxygen atoms in total. The zero-order chi connectivity index (χ0) is 14.9. The van der Waals surface area contributed by atoms with E-state index in [9.17, 15) is 9.59 Å². The first-order chi connectivity index (χ1) is 10.3. The Bertz CT molecular complexity index is 458. The first kappa shape index (κ1) is 15.5. The van der Waals surface area contributed by atoms with E-state index in [1.165, 1.54) is 0 Å². The highest BCUT2D eigenvalue weighted by molar-refractivity contribution is 5.83. The maximum Gasteiger partial charge on any atom is 0.239 e. The summed E-state index contributed by atoms with van der Waals surface area (Å²) in [5.41, 5.74) is 1.05. The lowest BCUT2D eigenvalue weighted by Crippen LogP contribution is -2.51. The van der Waals surface area contributed by atoms with Gasteiger partial charge in [-0.2, -0.15) is 0 Å². The zero-order valence-corrected chi connectivity index (χ0v) is 11.9. The van der Waals surface area contributed by atoms with E-state index in [2.05, 4.69) is 16.0 Å². The van der Waals surface area contributed by atoms with Crippen molar-refractivity contribution in [1.29, 1.82) is 0 Å². The highest BCUT2D eigenvalue weighted by Crippen LogP contribution is 1.97. The molecule has 114 valence electrons. The van der Waals surface area contributed by atoms with Gasteiger partial charge in [-0.25, -0.2) is 0 Å². The number of rotatable bonds is 6. The molecule has 2 rings (SSSR count). The molecular weight excluding hydrogens is 270 g/mol. The molecule has 0 aromatic heterocycles. The predicted molar refractivity (Wildman–Crippen MR) is 78.5 cm³/mol. The smallest absolute Gasteiger partial charge is 0.239 e. The normalized spacial score (nSPS) is 18.0. The van der Waals surface area contributed by atoms with E-state index in [0.717, 1.165) is 5.56 Å². The number of benzene rings is 1. The molecule has 0 bridgehead atoms. The molecule has 6 heteroatoms. The van der Waals surface area contributed by atoms with Crippen molar-refractivity contribution < 1.29 is 14.3 Å². The van der Waals surface area contributed by atoms with Crippen LogP contribution in [-0.4, -0.2) is 44.2 Å². The van der Waals surface area contributed by atoms with Gasteiger partial charge in [-0.15, -0.1) is 0 Å². The molecular formula is C15H21N3O3. The summed E-state index contributed by atoms with van der Waals surface area (Å²) in [5.74, 6) is -0.197. The maximum absolute atomic E-state index is 11.8. The lowest BCUT2D eigenvalue weighted by molar-refractivity contribution is -0.126. The van der Waals surface area contributed by atoms with Gasteiger partial charge >= 0.3 is 0 Å². The van der Waals surface area contributed by atoms with Crippen LogP contribution in [0, 0.1) is 0 Å². The summed E-state index contributed by atoms with van der Waals surface area (Å²) in [6, 6.07) is 9.39. The molecule has 1 heterocycles. The molecule has 1 aromatic carbocycles. The topological polar surface area (TPSA) is 79.5 Å².